The van der Waals surface area contributed by atoms with Gasteiger partial charge in [0.1, 0.15) is 5.76 Å². The van der Waals surface area contributed by atoms with Crippen molar-refractivity contribution in [2.75, 3.05) is 50.8 Å². The number of hydrogen-bond donors (Lipinski definition) is 2. The van der Waals surface area contributed by atoms with Gasteiger partial charge in [0.2, 0.25) is 5.91 Å². The third kappa shape index (κ3) is 7.18. The first-order valence-electron chi connectivity index (χ1n) is 12.3. The summed E-state index contributed by atoms with van der Waals surface area (Å²) in [4.78, 5) is 17.8. The SMILES string of the molecule is C/C=S(\N)c1cc(C(N)=O)cc(N(CCCC)CCN2CCOCC2)c1OC1=CC(C)CC=C1. The summed E-state index contributed by atoms with van der Waals surface area (Å²) in [7, 11) is -0.695. The van der Waals surface area contributed by atoms with Crippen LogP contribution in [-0.4, -0.2) is 62.1 Å². The molecule has 2 aliphatic rings. The molecule has 3 rings (SSSR count). The van der Waals surface area contributed by atoms with E-state index in [0.29, 0.717) is 11.5 Å². The Labute approximate surface area is 206 Å². The fourth-order valence-corrected chi connectivity index (χ4v) is 5.02. The highest BCUT2D eigenvalue weighted by molar-refractivity contribution is 8.13. The van der Waals surface area contributed by atoms with Crippen molar-refractivity contribution in [3.05, 3.63) is 41.7 Å². The Hall–Kier alpha value is -2.13. The highest BCUT2D eigenvalue weighted by atomic mass is 32.2. The average molecular weight is 489 g/mol. The number of nitrogens with two attached hydrogens (primary N) is 2. The van der Waals surface area contributed by atoms with E-state index in [2.05, 4.69) is 35.8 Å². The van der Waals surface area contributed by atoms with Gasteiger partial charge in [0.05, 0.1) is 23.8 Å². The number of nitrogens with zero attached hydrogens (tertiary/aromatic N) is 2. The molecule has 0 spiro atoms. The van der Waals surface area contributed by atoms with Crippen LogP contribution in [0.1, 0.15) is 50.4 Å². The van der Waals surface area contributed by atoms with Crippen molar-refractivity contribution in [1.29, 1.82) is 0 Å². The van der Waals surface area contributed by atoms with Crippen LogP contribution in [-0.2, 0) is 4.74 Å². The normalized spacial score (nSPS) is 19.6. The number of ether oxygens (including phenoxy) is 2. The molecule has 1 aromatic rings. The summed E-state index contributed by atoms with van der Waals surface area (Å²) in [5.41, 5.74) is 7.08. The zero-order valence-electron chi connectivity index (χ0n) is 20.8. The van der Waals surface area contributed by atoms with Crippen LogP contribution in [0.15, 0.2) is 41.0 Å². The number of hydrogen-bond acceptors (Lipinski definition) is 6. The molecule has 2 unspecified atom stereocenters. The van der Waals surface area contributed by atoms with E-state index in [1.165, 1.54) is 0 Å². The number of rotatable bonds is 11. The molecule has 1 amide bonds. The number of allylic oxidation sites excluding steroid dienone is 3. The van der Waals surface area contributed by atoms with Gasteiger partial charge in [-0.15, -0.1) is 0 Å². The van der Waals surface area contributed by atoms with Crippen LogP contribution >= 0.6 is 10.7 Å². The molecule has 0 aromatic heterocycles. The summed E-state index contributed by atoms with van der Waals surface area (Å²) >= 11 is 0. The predicted octanol–water partition coefficient (Wildman–Crippen LogP) is 3.91. The summed E-state index contributed by atoms with van der Waals surface area (Å²) in [6.45, 7) is 12.3. The molecule has 7 nitrogen and oxygen atoms in total. The monoisotopic (exact) mass is 488 g/mol. The van der Waals surface area contributed by atoms with Crippen molar-refractivity contribution in [1.82, 2.24) is 4.90 Å². The van der Waals surface area contributed by atoms with Crippen molar-refractivity contribution < 1.29 is 14.3 Å². The van der Waals surface area contributed by atoms with Crippen LogP contribution in [0, 0.1) is 5.92 Å². The molecule has 1 saturated heterocycles. The first-order valence-corrected chi connectivity index (χ1v) is 13.6. The molecule has 8 heteroatoms. The van der Waals surface area contributed by atoms with Gasteiger partial charge in [-0.05, 0) is 55.3 Å². The van der Waals surface area contributed by atoms with Crippen molar-refractivity contribution in [3.63, 3.8) is 0 Å². The lowest BCUT2D eigenvalue weighted by molar-refractivity contribution is 0.0391. The number of morpholine rings is 1. The Morgan fingerprint density at radius 2 is 2.09 bits per heavy atom. The lowest BCUT2D eigenvalue weighted by Crippen LogP contribution is -2.42. The summed E-state index contributed by atoms with van der Waals surface area (Å²) in [5.74, 6) is 1.47. The average Bonchev–Trinajstić information content (AvgIpc) is 2.84. The second kappa shape index (κ2) is 13.1. The van der Waals surface area contributed by atoms with E-state index in [9.17, 15) is 4.79 Å². The molecule has 1 aliphatic carbocycles. The molecular weight excluding hydrogens is 448 g/mol. The van der Waals surface area contributed by atoms with E-state index in [-0.39, 0.29) is 0 Å². The van der Waals surface area contributed by atoms with Crippen molar-refractivity contribution in [2.45, 2.75) is 44.9 Å². The second-order valence-electron chi connectivity index (χ2n) is 8.88. The van der Waals surface area contributed by atoms with E-state index < -0.39 is 16.6 Å². The van der Waals surface area contributed by atoms with Gasteiger partial charge < -0.3 is 20.1 Å². The van der Waals surface area contributed by atoms with Gasteiger partial charge in [-0.2, -0.15) is 0 Å². The van der Waals surface area contributed by atoms with Crippen molar-refractivity contribution in [3.8, 4) is 5.75 Å². The molecule has 1 aromatic carbocycles. The summed E-state index contributed by atoms with van der Waals surface area (Å²) in [6, 6.07) is 3.67. The molecular formula is C26H40N4O3S. The van der Waals surface area contributed by atoms with Crippen LogP contribution in [0.5, 0.6) is 5.75 Å². The van der Waals surface area contributed by atoms with Gasteiger partial charge >= 0.3 is 0 Å². The molecule has 4 N–H and O–H groups in total. The predicted molar refractivity (Wildman–Crippen MR) is 143 cm³/mol. The Morgan fingerprint density at radius 3 is 2.74 bits per heavy atom. The standard InChI is InChI=1S/C26H40N4O3S/c1-4-6-10-30(12-11-29-13-15-32-16-14-29)23-18-21(26(27)31)19-24(34(28)5-2)25(23)33-22-9-7-8-20(3)17-22/h5,7,9,17-20H,4,6,8,10-16,28H2,1-3H3,(H2,27,31). The summed E-state index contributed by atoms with van der Waals surface area (Å²) in [6.07, 6.45) is 9.40. The highest BCUT2D eigenvalue weighted by Gasteiger charge is 2.23. The minimum Gasteiger partial charge on any atom is -0.454 e. The largest absolute Gasteiger partial charge is 0.454 e. The molecule has 1 aliphatic heterocycles. The topological polar surface area (TPSA) is 94.0 Å². The van der Waals surface area contributed by atoms with Gasteiger partial charge in [0, 0.05) is 38.3 Å². The van der Waals surface area contributed by atoms with Gasteiger partial charge in [0.25, 0.3) is 0 Å². The molecule has 1 fully saturated rings. The zero-order valence-corrected chi connectivity index (χ0v) is 21.6. The smallest absolute Gasteiger partial charge is 0.248 e. The number of benzene rings is 1. The Kier molecular flexibility index (Phi) is 10.2. The summed E-state index contributed by atoms with van der Waals surface area (Å²) in [5, 5.41) is 8.46. The van der Waals surface area contributed by atoms with E-state index in [1.54, 1.807) is 6.07 Å². The number of unbranched alkanes of at least 4 members (excludes halogenated alkanes) is 1. The molecule has 1 heterocycles. The molecule has 0 saturated carbocycles. The number of carbonyl (C=O) groups is 1. The van der Waals surface area contributed by atoms with Crippen LogP contribution < -0.4 is 20.5 Å². The van der Waals surface area contributed by atoms with Gasteiger partial charge in [-0.3, -0.25) is 14.8 Å². The Bertz CT molecular complexity index is 938. The second-order valence-corrected chi connectivity index (χ2v) is 10.5. The maximum absolute atomic E-state index is 12.3. The molecule has 0 bridgehead atoms. The first-order chi connectivity index (χ1) is 16.4. The highest BCUT2D eigenvalue weighted by Crippen LogP contribution is 2.42. The van der Waals surface area contributed by atoms with Gasteiger partial charge in [0.15, 0.2) is 5.75 Å². The Balaban J connectivity index is 2.05. The van der Waals surface area contributed by atoms with Gasteiger partial charge in [-0.25, -0.2) is 0 Å². The lowest BCUT2D eigenvalue weighted by atomic mass is 10.0. The zero-order chi connectivity index (χ0) is 24.5. The fourth-order valence-electron chi connectivity index (χ4n) is 4.15. The van der Waals surface area contributed by atoms with E-state index >= 15 is 0 Å². The van der Waals surface area contributed by atoms with E-state index in [0.717, 1.165) is 87.3 Å². The lowest BCUT2D eigenvalue weighted by Gasteiger charge is -2.33. The molecule has 188 valence electrons. The van der Waals surface area contributed by atoms with Crippen LogP contribution in [0.3, 0.4) is 0 Å². The van der Waals surface area contributed by atoms with Crippen molar-refractivity contribution in [2.24, 2.45) is 16.8 Å². The van der Waals surface area contributed by atoms with E-state index in [4.69, 9.17) is 20.3 Å². The maximum Gasteiger partial charge on any atom is 0.248 e. The first kappa shape index (κ1) is 26.5. The van der Waals surface area contributed by atoms with Crippen LogP contribution in [0.4, 0.5) is 5.69 Å². The number of carbonyl (C=O) groups excluding carboxylic acids is 1. The minimum absolute atomic E-state index is 0.406. The van der Waals surface area contributed by atoms with Crippen molar-refractivity contribution >= 4 is 27.6 Å². The molecule has 34 heavy (non-hydrogen) atoms. The summed E-state index contributed by atoms with van der Waals surface area (Å²) < 4.78 is 12.1. The fraction of sp³-hybridized carbons (Fsp3) is 0.538. The maximum atomic E-state index is 12.3. The molecule has 0 radical (unpaired) electrons. The number of primary amides is 1. The Morgan fingerprint density at radius 1 is 1.32 bits per heavy atom. The van der Waals surface area contributed by atoms with Gasteiger partial charge in [-0.1, -0.05) is 37.0 Å². The third-order valence-electron chi connectivity index (χ3n) is 6.20. The van der Waals surface area contributed by atoms with Crippen LogP contribution in [0.25, 0.3) is 0 Å². The number of amides is 1. The molecule has 2 atom stereocenters. The third-order valence-corrected chi connectivity index (χ3v) is 7.52. The quantitative estimate of drug-likeness (QED) is 0.459. The number of anilines is 1. The van der Waals surface area contributed by atoms with E-state index in [1.807, 2.05) is 24.4 Å². The van der Waals surface area contributed by atoms with Crippen LogP contribution in [0.2, 0.25) is 0 Å². The minimum atomic E-state index is -0.695.